The van der Waals surface area contributed by atoms with Crippen molar-refractivity contribution in [3.05, 3.63) is 77.6 Å². The number of carbonyl (C=O) groups is 2. The van der Waals surface area contributed by atoms with Gasteiger partial charge in [0.2, 0.25) is 5.95 Å². The van der Waals surface area contributed by atoms with Gasteiger partial charge in [0.25, 0.3) is 5.91 Å². The molecule has 0 unspecified atom stereocenters. The minimum Gasteiger partial charge on any atom is -0.497 e. The number of amides is 3. The van der Waals surface area contributed by atoms with Gasteiger partial charge in [-0.25, -0.2) is 14.5 Å². The quantitative estimate of drug-likeness (QED) is 0.275. The third-order valence-corrected chi connectivity index (χ3v) is 6.61. The molecular formula is C28H27F3N8O3. The number of nitrogens with one attached hydrogen (secondary N) is 2. The molecule has 1 aliphatic heterocycles. The Bertz CT molecular complexity index is 1640. The number of fused-ring (bicyclic) bond motifs is 1. The zero-order chi connectivity index (χ0) is 30.0. The maximum Gasteiger partial charge on any atom is 0.416 e. The van der Waals surface area contributed by atoms with E-state index in [9.17, 15) is 22.8 Å². The van der Waals surface area contributed by atoms with Gasteiger partial charge in [-0.1, -0.05) is 6.07 Å². The average Bonchev–Trinajstić information content (AvgIpc) is 3.43. The molecule has 0 atom stereocenters. The number of urea groups is 1. The van der Waals surface area contributed by atoms with Crippen LogP contribution in [0.1, 0.15) is 35.3 Å². The summed E-state index contributed by atoms with van der Waals surface area (Å²) in [6, 6.07) is 10.2. The van der Waals surface area contributed by atoms with E-state index in [1.165, 1.54) is 35.1 Å². The Morgan fingerprint density at radius 1 is 1.10 bits per heavy atom. The minimum atomic E-state index is -4.59. The van der Waals surface area contributed by atoms with Crippen LogP contribution in [0.3, 0.4) is 0 Å². The van der Waals surface area contributed by atoms with Gasteiger partial charge in [-0.3, -0.25) is 14.6 Å². The zero-order valence-corrected chi connectivity index (χ0v) is 22.9. The molecule has 2 N–H and O–H groups in total. The van der Waals surface area contributed by atoms with Crippen LogP contribution in [0.4, 0.5) is 46.9 Å². The van der Waals surface area contributed by atoms with E-state index in [2.05, 4.69) is 25.7 Å². The highest BCUT2D eigenvalue weighted by Gasteiger charge is 2.33. The number of aromatic nitrogens is 4. The average molecular weight is 581 g/mol. The van der Waals surface area contributed by atoms with Crippen molar-refractivity contribution in [2.75, 3.05) is 34.1 Å². The number of carbonyl (C=O) groups excluding carboxylic acids is 2. The molecule has 0 aliphatic carbocycles. The summed E-state index contributed by atoms with van der Waals surface area (Å²) in [4.78, 5) is 38.5. The first-order valence-electron chi connectivity index (χ1n) is 13.0. The van der Waals surface area contributed by atoms with Crippen LogP contribution in [0.15, 0.2) is 60.9 Å². The fourth-order valence-electron chi connectivity index (χ4n) is 4.54. The first-order chi connectivity index (χ1) is 20.1. The molecule has 0 radical (unpaired) electrons. The summed E-state index contributed by atoms with van der Waals surface area (Å²) < 4.78 is 46.6. The molecule has 5 rings (SSSR count). The lowest BCUT2D eigenvalue weighted by Gasteiger charge is -2.35. The van der Waals surface area contributed by atoms with Crippen LogP contribution in [0.5, 0.6) is 5.75 Å². The molecule has 4 aromatic rings. The van der Waals surface area contributed by atoms with Crippen molar-refractivity contribution in [2.24, 2.45) is 0 Å². The molecule has 42 heavy (non-hydrogen) atoms. The van der Waals surface area contributed by atoms with Crippen molar-refractivity contribution in [3.63, 3.8) is 0 Å². The monoisotopic (exact) mass is 580 g/mol. The number of aryl methyl sites for hydroxylation is 1. The van der Waals surface area contributed by atoms with E-state index >= 15 is 0 Å². The minimum absolute atomic E-state index is 0.131. The number of hydrogen-bond acceptors (Lipinski definition) is 7. The maximum absolute atomic E-state index is 13.7. The van der Waals surface area contributed by atoms with Crippen molar-refractivity contribution in [3.8, 4) is 5.75 Å². The van der Waals surface area contributed by atoms with E-state index in [4.69, 9.17) is 4.74 Å². The summed E-state index contributed by atoms with van der Waals surface area (Å²) in [6.07, 6.45) is -1.29. The number of nitrogens with zero attached hydrogens (tertiary/aromatic N) is 6. The van der Waals surface area contributed by atoms with E-state index in [1.54, 1.807) is 35.3 Å². The molecule has 2 aromatic heterocycles. The maximum atomic E-state index is 13.7. The van der Waals surface area contributed by atoms with Crippen LogP contribution in [0.2, 0.25) is 0 Å². The number of hydrogen-bond donors (Lipinski definition) is 2. The molecule has 1 aliphatic rings. The van der Waals surface area contributed by atoms with Crippen LogP contribution in [0, 0.1) is 0 Å². The third-order valence-electron chi connectivity index (χ3n) is 6.61. The molecule has 3 heterocycles. The molecule has 14 heteroatoms. The fourth-order valence-corrected chi connectivity index (χ4v) is 4.54. The number of methoxy groups -OCH3 is 1. The molecule has 0 saturated heterocycles. The molecule has 218 valence electrons. The van der Waals surface area contributed by atoms with Crippen molar-refractivity contribution in [1.29, 1.82) is 0 Å². The van der Waals surface area contributed by atoms with Gasteiger partial charge < -0.3 is 15.4 Å². The van der Waals surface area contributed by atoms with Gasteiger partial charge >= 0.3 is 12.2 Å². The van der Waals surface area contributed by atoms with Gasteiger partial charge in [0, 0.05) is 54.3 Å². The second-order valence-corrected chi connectivity index (χ2v) is 9.27. The predicted molar refractivity (Wildman–Crippen MR) is 150 cm³/mol. The van der Waals surface area contributed by atoms with Crippen LogP contribution < -0.4 is 25.2 Å². The van der Waals surface area contributed by atoms with Crippen molar-refractivity contribution in [2.45, 2.75) is 33.1 Å². The highest BCUT2D eigenvalue weighted by Crippen LogP contribution is 2.35. The predicted octanol–water partition coefficient (Wildman–Crippen LogP) is 5.68. The van der Waals surface area contributed by atoms with E-state index in [-0.39, 0.29) is 23.8 Å². The first-order valence-corrected chi connectivity index (χ1v) is 13.0. The molecular weight excluding hydrogens is 553 g/mol. The fraction of sp³-hybridized carbons (Fsp3) is 0.250. The number of ether oxygens (including phenoxy) is 1. The van der Waals surface area contributed by atoms with E-state index < -0.39 is 17.6 Å². The Labute approximate surface area is 238 Å². The normalized spacial score (nSPS) is 13.1. The van der Waals surface area contributed by atoms with E-state index in [0.717, 1.165) is 12.1 Å². The topological polar surface area (TPSA) is 118 Å². The molecule has 2 aromatic carbocycles. The molecule has 0 fully saturated rings. The number of benzene rings is 2. The van der Waals surface area contributed by atoms with Gasteiger partial charge in [-0.15, -0.1) is 0 Å². The highest BCUT2D eigenvalue weighted by molar-refractivity contribution is 6.07. The first kappa shape index (κ1) is 28.4. The van der Waals surface area contributed by atoms with Gasteiger partial charge in [-0.05, 0) is 38.1 Å². The Morgan fingerprint density at radius 3 is 2.62 bits per heavy atom. The number of alkyl halides is 3. The highest BCUT2D eigenvalue weighted by atomic mass is 19.4. The Kier molecular flexibility index (Phi) is 7.70. The number of halogens is 3. The van der Waals surface area contributed by atoms with Crippen molar-refractivity contribution < 1.29 is 27.5 Å². The molecule has 3 amide bonds. The van der Waals surface area contributed by atoms with Gasteiger partial charge in [0.1, 0.15) is 17.4 Å². The summed E-state index contributed by atoms with van der Waals surface area (Å²) in [5.74, 6) is 1.06. The van der Waals surface area contributed by atoms with E-state index in [1.807, 2.05) is 13.8 Å². The third kappa shape index (κ3) is 5.68. The summed E-state index contributed by atoms with van der Waals surface area (Å²) in [5.41, 5.74) is 0.213. The van der Waals surface area contributed by atoms with Gasteiger partial charge in [0.05, 0.1) is 31.1 Å². The summed E-state index contributed by atoms with van der Waals surface area (Å²) >= 11 is 0. The Balaban J connectivity index is 1.42. The number of anilines is 5. The lowest BCUT2D eigenvalue weighted by molar-refractivity contribution is -0.137. The SMILES string of the molecule is CCN1C(=O)N(c2cc(NC(=O)c3cccc(C(F)(F)F)c3)cc(OC)c2)Cc2cnc(Nc3ccnn3CC)nc21. The standard InChI is InChI=1S/C28H27F3N8O3/c1-4-37-24-18(15-32-26(36-24)35-23-9-10-33-39(23)5-2)16-38(27(37)41)21-12-20(13-22(14-21)42-3)34-25(40)17-7-6-8-19(11-17)28(29,30)31/h6-15H,4-5,16H2,1-3H3,(H,34,40)(H,32,35,36). The van der Waals surface area contributed by atoms with Crippen LogP contribution >= 0.6 is 0 Å². The van der Waals surface area contributed by atoms with Crippen LogP contribution in [-0.4, -0.2) is 45.3 Å². The largest absolute Gasteiger partial charge is 0.497 e. The lowest BCUT2D eigenvalue weighted by atomic mass is 10.1. The van der Waals surface area contributed by atoms with Crippen molar-refractivity contribution in [1.82, 2.24) is 19.7 Å². The Hall–Kier alpha value is -5.14. The summed E-state index contributed by atoms with van der Waals surface area (Å²) in [7, 11) is 1.43. The molecule has 0 saturated carbocycles. The number of rotatable bonds is 8. The van der Waals surface area contributed by atoms with Gasteiger partial charge in [-0.2, -0.15) is 23.3 Å². The lowest BCUT2D eigenvalue weighted by Crippen LogP contribution is -2.48. The van der Waals surface area contributed by atoms with Crippen LogP contribution in [-0.2, 0) is 19.3 Å². The summed E-state index contributed by atoms with van der Waals surface area (Å²) in [5, 5.41) is 9.96. The zero-order valence-electron chi connectivity index (χ0n) is 22.9. The van der Waals surface area contributed by atoms with Gasteiger partial charge in [0.15, 0.2) is 0 Å². The second-order valence-electron chi connectivity index (χ2n) is 9.27. The van der Waals surface area contributed by atoms with E-state index in [0.29, 0.717) is 47.7 Å². The molecule has 0 bridgehead atoms. The summed E-state index contributed by atoms with van der Waals surface area (Å²) in [6.45, 7) is 4.87. The van der Waals surface area contributed by atoms with Crippen molar-refractivity contribution >= 4 is 40.9 Å². The second kappa shape index (κ2) is 11.4. The smallest absolute Gasteiger partial charge is 0.416 e. The molecule has 0 spiro atoms. The molecule has 11 nitrogen and oxygen atoms in total. The Morgan fingerprint density at radius 2 is 1.90 bits per heavy atom. The van der Waals surface area contributed by atoms with Crippen LogP contribution in [0.25, 0.3) is 0 Å².